The number of benzene rings is 2. The van der Waals surface area contributed by atoms with Crippen molar-refractivity contribution < 1.29 is 14.3 Å². The second-order valence-electron chi connectivity index (χ2n) is 7.05. The Balaban J connectivity index is 1.48. The molecular weight excluding hydrogens is 366 g/mol. The number of methoxy groups -OCH3 is 1. The summed E-state index contributed by atoms with van der Waals surface area (Å²) in [4.78, 5) is 12.5. The van der Waals surface area contributed by atoms with E-state index in [0.717, 1.165) is 18.4 Å². The van der Waals surface area contributed by atoms with Gasteiger partial charge in [0.25, 0.3) is 5.91 Å². The van der Waals surface area contributed by atoms with Crippen LogP contribution in [0.2, 0.25) is 0 Å². The standard InChI is InChI=1S/C23H23N3O3/c1-28-20-11-4-5-12-21(20)29-22-14-13-19(25-26-22)16-7-6-8-17(15-16)23(27)24-18-9-2-3-10-18/h4-8,11-15,18H,2-3,9-10H2,1H3,(H,24,27). The summed E-state index contributed by atoms with van der Waals surface area (Å²) in [6, 6.07) is 18.7. The van der Waals surface area contributed by atoms with Gasteiger partial charge in [-0.25, -0.2) is 0 Å². The SMILES string of the molecule is COc1ccccc1Oc1ccc(-c2cccc(C(=O)NC3CCCC3)c2)nn1. The predicted octanol–water partition coefficient (Wildman–Crippen LogP) is 4.62. The van der Waals surface area contributed by atoms with Crippen LogP contribution in [0.4, 0.5) is 0 Å². The molecule has 148 valence electrons. The van der Waals surface area contributed by atoms with Crippen molar-refractivity contribution in [2.24, 2.45) is 0 Å². The molecule has 4 rings (SSSR count). The van der Waals surface area contributed by atoms with E-state index in [2.05, 4.69) is 15.5 Å². The lowest BCUT2D eigenvalue weighted by Crippen LogP contribution is -2.32. The first-order chi connectivity index (χ1) is 14.2. The van der Waals surface area contributed by atoms with Crippen LogP contribution in [0.3, 0.4) is 0 Å². The van der Waals surface area contributed by atoms with Crippen molar-refractivity contribution in [1.29, 1.82) is 0 Å². The topological polar surface area (TPSA) is 73.3 Å². The van der Waals surface area contributed by atoms with Gasteiger partial charge in [-0.15, -0.1) is 10.2 Å². The van der Waals surface area contributed by atoms with E-state index in [1.807, 2.05) is 48.5 Å². The summed E-state index contributed by atoms with van der Waals surface area (Å²) in [7, 11) is 1.59. The minimum Gasteiger partial charge on any atom is -0.493 e. The van der Waals surface area contributed by atoms with Crippen LogP contribution in [0.25, 0.3) is 11.3 Å². The third kappa shape index (κ3) is 4.54. The van der Waals surface area contributed by atoms with Gasteiger partial charge in [-0.1, -0.05) is 37.1 Å². The molecule has 1 heterocycles. The monoisotopic (exact) mass is 389 g/mol. The molecule has 1 N–H and O–H groups in total. The molecule has 6 heteroatoms. The summed E-state index contributed by atoms with van der Waals surface area (Å²) < 4.78 is 11.0. The molecule has 1 aliphatic carbocycles. The molecule has 0 saturated heterocycles. The van der Waals surface area contributed by atoms with Crippen molar-refractivity contribution in [3.8, 4) is 28.6 Å². The van der Waals surface area contributed by atoms with Gasteiger partial charge in [0.1, 0.15) is 0 Å². The van der Waals surface area contributed by atoms with Crippen molar-refractivity contribution in [1.82, 2.24) is 15.5 Å². The number of amides is 1. The zero-order chi connectivity index (χ0) is 20.1. The zero-order valence-electron chi connectivity index (χ0n) is 16.3. The van der Waals surface area contributed by atoms with Crippen LogP contribution in [-0.4, -0.2) is 29.3 Å². The molecule has 6 nitrogen and oxygen atoms in total. The molecule has 1 aromatic heterocycles. The van der Waals surface area contributed by atoms with Crippen molar-refractivity contribution >= 4 is 5.91 Å². The van der Waals surface area contributed by atoms with E-state index in [-0.39, 0.29) is 11.9 Å². The highest BCUT2D eigenvalue weighted by atomic mass is 16.5. The van der Waals surface area contributed by atoms with Gasteiger partial charge in [-0.2, -0.15) is 0 Å². The average molecular weight is 389 g/mol. The highest BCUT2D eigenvalue weighted by Gasteiger charge is 2.18. The fraction of sp³-hybridized carbons (Fsp3) is 0.261. The molecule has 1 fully saturated rings. The molecular formula is C23H23N3O3. The molecule has 1 aliphatic rings. The van der Waals surface area contributed by atoms with Crippen LogP contribution >= 0.6 is 0 Å². The second kappa shape index (κ2) is 8.73. The third-order valence-electron chi connectivity index (χ3n) is 5.03. The molecule has 1 saturated carbocycles. The Morgan fingerprint density at radius 2 is 1.76 bits per heavy atom. The van der Waals surface area contributed by atoms with Gasteiger partial charge in [0, 0.05) is 23.2 Å². The molecule has 3 aromatic rings. The number of nitrogens with zero attached hydrogens (tertiary/aromatic N) is 2. The van der Waals surface area contributed by atoms with Crippen molar-refractivity contribution in [3.63, 3.8) is 0 Å². The Hall–Kier alpha value is -3.41. The Labute approximate surface area is 169 Å². The minimum absolute atomic E-state index is 0.0390. The molecule has 0 bridgehead atoms. The van der Waals surface area contributed by atoms with Crippen molar-refractivity contribution in [3.05, 3.63) is 66.2 Å². The first kappa shape index (κ1) is 18.9. The molecule has 1 amide bonds. The maximum Gasteiger partial charge on any atom is 0.251 e. The van der Waals surface area contributed by atoms with E-state index in [0.29, 0.717) is 28.6 Å². The van der Waals surface area contributed by atoms with E-state index in [1.165, 1.54) is 12.8 Å². The van der Waals surface area contributed by atoms with Crippen LogP contribution in [-0.2, 0) is 0 Å². The summed E-state index contributed by atoms with van der Waals surface area (Å²) in [5, 5.41) is 11.5. The Bertz CT molecular complexity index is 983. The van der Waals surface area contributed by atoms with Crippen LogP contribution < -0.4 is 14.8 Å². The normalized spacial score (nSPS) is 13.8. The van der Waals surface area contributed by atoms with Crippen LogP contribution in [0, 0.1) is 0 Å². The molecule has 2 aromatic carbocycles. The summed E-state index contributed by atoms with van der Waals surface area (Å²) >= 11 is 0. The lowest BCUT2D eigenvalue weighted by Gasteiger charge is -2.12. The summed E-state index contributed by atoms with van der Waals surface area (Å²) in [5.41, 5.74) is 2.14. The smallest absolute Gasteiger partial charge is 0.251 e. The number of rotatable bonds is 6. The van der Waals surface area contributed by atoms with E-state index < -0.39 is 0 Å². The maximum absolute atomic E-state index is 12.5. The lowest BCUT2D eigenvalue weighted by atomic mass is 10.1. The molecule has 0 spiro atoms. The number of carbonyl (C=O) groups is 1. The Morgan fingerprint density at radius 3 is 2.48 bits per heavy atom. The van der Waals surface area contributed by atoms with Crippen LogP contribution in [0.15, 0.2) is 60.7 Å². The maximum atomic E-state index is 12.5. The van der Waals surface area contributed by atoms with E-state index in [9.17, 15) is 4.79 Å². The number of para-hydroxylation sites is 2. The Morgan fingerprint density at radius 1 is 0.966 bits per heavy atom. The number of nitrogens with one attached hydrogen (secondary N) is 1. The largest absolute Gasteiger partial charge is 0.493 e. The number of hydrogen-bond acceptors (Lipinski definition) is 5. The van der Waals surface area contributed by atoms with Gasteiger partial charge in [-0.3, -0.25) is 4.79 Å². The average Bonchev–Trinajstić information content (AvgIpc) is 3.28. The highest BCUT2D eigenvalue weighted by Crippen LogP contribution is 2.30. The fourth-order valence-corrected chi connectivity index (χ4v) is 3.50. The molecule has 0 unspecified atom stereocenters. The van der Waals surface area contributed by atoms with E-state index in [4.69, 9.17) is 9.47 Å². The Kier molecular flexibility index (Phi) is 5.70. The second-order valence-corrected chi connectivity index (χ2v) is 7.05. The minimum atomic E-state index is -0.0390. The van der Waals surface area contributed by atoms with Crippen LogP contribution in [0.1, 0.15) is 36.0 Å². The van der Waals surface area contributed by atoms with Crippen LogP contribution in [0.5, 0.6) is 17.4 Å². The molecule has 29 heavy (non-hydrogen) atoms. The van der Waals surface area contributed by atoms with Gasteiger partial charge in [0.15, 0.2) is 11.5 Å². The number of carbonyl (C=O) groups excluding carboxylic acids is 1. The number of aromatic nitrogens is 2. The van der Waals surface area contributed by atoms with Gasteiger partial charge < -0.3 is 14.8 Å². The highest BCUT2D eigenvalue weighted by molar-refractivity contribution is 5.95. The quantitative estimate of drug-likeness (QED) is 0.666. The van der Waals surface area contributed by atoms with E-state index >= 15 is 0 Å². The number of hydrogen-bond donors (Lipinski definition) is 1. The molecule has 0 aliphatic heterocycles. The zero-order valence-corrected chi connectivity index (χ0v) is 16.3. The number of ether oxygens (including phenoxy) is 2. The summed E-state index contributed by atoms with van der Waals surface area (Å²) in [6.07, 6.45) is 4.49. The lowest BCUT2D eigenvalue weighted by molar-refractivity contribution is 0.0938. The predicted molar refractivity (Wildman–Crippen MR) is 110 cm³/mol. The van der Waals surface area contributed by atoms with Gasteiger partial charge in [0.2, 0.25) is 5.88 Å². The first-order valence-electron chi connectivity index (χ1n) is 9.79. The molecule has 0 radical (unpaired) electrons. The molecule has 0 atom stereocenters. The summed E-state index contributed by atoms with van der Waals surface area (Å²) in [5.74, 6) is 1.53. The van der Waals surface area contributed by atoms with Gasteiger partial charge in [-0.05, 0) is 43.2 Å². The van der Waals surface area contributed by atoms with Crippen molar-refractivity contribution in [2.45, 2.75) is 31.7 Å². The van der Waals surface area contributed by atoms with Gasteiger partial charge in [0.05, 0.1) is 12.8 Å². The summed E-state index contributed by atoms with van der Waals surface area (Å²) in [6.45, 7) is 0. The van der Waals surface area contributed by atoms with E-state index in [1.54, 1.807) is 19.2 Å². The van der Waals surface area contributed by atoms with Crippen molar-refractivity contribution in [2.75, 3.05) is 7.11 Å². The van der Waals surface area contributed by atoms with Gasteiger partial charge >= 0.3 is 0 Å². The fourth-order valence-electron chi connectivity index (χ4n) is 3.50. The third-order valence-corrected chi connectivity index (χ3v) is 5.03. The first-order valence-corrected chi connectivity index (χ1v) is 9.79.